The topological polar surface area (TPSA) is 66.5 Å². The maximum absolute atomic E-state index is 12.2. The molecule has 2 fully saturated rings. The quantitative estimate of drug-likeness (QED) is 0.744. The molecule has 5 nitrogen and oxygen atoms in total. The van der Waals surface area contributed by atoms with Crippen molar-refractivity contribution < 1.29 is 13.2 Å². The summed E-state index contributed by atoms with van der Waals surface area (Å²) in [5.41, 5.74) is 0. The molecule has 2 heterocycles. The van der Waals surface area contributed by atoms with Gasteiger partial charge in [0.15, 0.2) is 9.84 Å². The molecule has 0 spiro atoms. The second kappa shape index (κ2) is 5.56. The maximum Gasteiger partial charge on any atom is 0.240 e. The molecule has 1 unspecified atom stereocenters. The van der Waals surface area contributed by atoms with Crippen LogP contribution in [0.25, 0.3) is 0 Å². The van der Waals surface area contributed by atoms with Crippen LogP contribution in [0.1, 0.15) is 13.8 Å². The summed E-state index contributed by atoms with van der Waals surface area (Å²) in [6.45, 7) is 4.02. The van der Waals surface area contributed by atoms with E-state index in [1.807, 2.05) is 0 Å². The predicted molar refractivity (Wildman–Crippen MR) is 75.9 cm³/mol. The van der Waals surface area contributed by atoms with E-state index in [2.05, 4.69) is 5.32 Å². The molecule has 0 aromatic heterocycles. The molecule has 2 rings (SSSR count). The Labute approximate surface area is 118 Å². The Kier molecular flexibility index (Phi) is 4.97. The number of amides is 1. The smallest absolute Gasteiger partial charge is 0.240 e. The van der Waals surface area contributed by atoms with Gasteiger partial charge in [0.1, 0.15) is 0 Å². The van der Waals surface area contributed by atoms with Gasteiger partial charge in [-0.1, -0.05) is 0 Å². The van der Waals surface area contributed by atoms with Crippen LogP contribution < -0.4 is 5.32 Å². The highest BCUT2D eigenvalue weighted by Gasteiger charge is 2.42. The first kappa shape index (κ1) is 16.1. The maximum atomic E-state index is 12.2. The lowest BCUT2D eigenvalue weighted by molar-refractivity contribution is -0.133. The zero-order valence-corrected chi connectivity index (χ0v) is 13.0. The normalized spacial score (nSPS) is 29.7. The average molecular weight is 315 g/mol. The number of thioether (sulfide) groups is 1. The zero-order valence-electron chi connectivity index (χ0n) is 10.5. The fourth-order valence-corrected chi connectivity index (χ4v) is 4.40. The Bertz CT molecular complexity index is 419. The van der Waals surface area contributed by atoms with Gasteiger partial charge in [0, 0.05) is 24.7 Å². The van der Waals surface area contributed by atoms with Gasteiger partial charge >= 0.3 is 0 Å². The van der Waals surface area contributed by atoms with Gasteiger partial charge in [0.05, 0.1) is 16.5 Å². The molecule has 8 heteroatoms. The van der Waals surface area contributed by atoms with Crippen molar-refractivity contribution in [3.8, 4) is 0 Å². The third kappa shape index (κ3) is 2.95. The largest absolute Gasteiger partial charge is 0.339 e. The Hall–Kier alpha value is 0.0200. The van der Waals surface area contributed by atoms with Crippen LogP contribution in [-0.2, 0) is 14.6 Å². The van der Waals surface area contributed by atoms with Crippen molar-refractivity contribution in [2.45, 2.75) is 24.6 Å². The monoisotopic (exact) mass is 314 g/mol. The van der Waals surface area contributed by atoms with E-state index in [1.165, 1.54) is 0 Å². The van der Waals surface area contributed by atoms with Crippen molar-refractivity contribution in [2.75, 3.05) is 30.5 Å². The number of carbonyl (C=O) groups excluding carboxylic acids is 1. The van der Waals surface area contributed by atoms with Crippen molar-refractivity contribution in [3.05, 3.63) is 0 Å². The number of nitrogens with zero attached hydrogens (tertiary/aromatic N) is 1. The van der Waals surface area contributed by atoms with Crippen LogP contribution in [0.2, 0.25) is 0 Å². The van der Waals surface area contributed by atoms with Crippen LogP contribution in [0.5, 0.6) is 0 Å². The van der Waals surface area contributed by atoms with E-state index < -0.39 is 14.6 Å². The first-order valence-electron chi connectivity index (χ1n) is 5.66. The van der Waals surface area contributed by atoms with Crippen molar-refractivity contribution in [1.29, 1.82) is 0 Å². The molecule has 0 aromatic carbocycles. The molecular formula is C10H19ClN2O3S2. The third-order valence-electron chi connectivity index (χ3n) is 3.37. The Morgan fingerprint density at radius 3 is 2.61 bits per heavy atom. The van der Waals surface area contributed by atoms with Crippen LogP contribution in [0.4, 0.5) is 0 Å². The number of hydrogen-bond acceptors (Lipinski definition) is 5. The van der Waals surface area contributed by atoms with Gasteiger partial charge in [0.25, 0.3) is 0 Å². The second-order valence-electron chi connectivity index (χ2n) is 5.11. The molecule has 2 aliphatic rings. The number of hydrogen-bond donors (Lipinski definition) is 1. The van der Waals surface area contributed by atoms with E-state index in [4.69, 9.17) is 0 Å². The van der Waals surface area contributed by atoms with E-state index in [-0.39, 0.29) is 30.1 Å². The van der Waals surface area contributed by atoms with Crippen LogP contribution in [-0.4, -0.2) is 60.5 Å². The van der Waals surface area contributed by atoms with Crippen LogP contribution in [0.3, 0.4) is 0 Å². The van der Waals surface area contributed by atoms with Crippen molar-refractivity contribution in [3.63, 3.8) is 0 Å². The van der Waals surface area contributed by atoms with Gasteiger partial charge < -0.3 is 4.90 Å². The molecule has 1 amide bonds. The molecule has 0 aromatic rings. The Morgan fingerprint density at radius 1 is 1.44 bits per heavy atom. The minimum Gasteiger partial charge on any atom is -0.339 e. The number of rotatable bonds is 1. The molecule has 0 radical (unpaired) electrons. The highest BCUT2D eigenvalue weighted by atomic mass is 35.5. The summed E-state index contributed by atoms with van der Waals surface area (Å²) in [4.78, 5) is 13.8. The summed E-state index contributed by atoms with van der Waals surface area (Å²) in [5, 5.41) is 3.12. The number of carbonyl (C=O) groups is 1. The van der Waals surface area contributed by atoms with Crippen molar-refractivity contribution in [1.82, 2.24) is 10.2 Å². The van der Waals surface area contributed by atoms with Crippen molar-refractivity contribution >= 4 is 39.9 Å². The highest BCUT2D eigenvalue weighted by molar-refractivity contribution is 7.99. The van der Waals surface area contributed by atoms with E-state index >= 15 is 0 Å². The summed E-state index contributed by atoms with van der Waals surface area (Å²) in [6, 6.07) is -0.142. The third-order valence-corrected chi connectivity index (χ3v) is 6.84. The highest BCUT2D eigenvalue weighted by Crippen LogP contribution is 2.25. The van der Waals surface area contributed by atoms with E-state index in [1.54, 1.807) is 30.5 Å². The van der Waals surface area contributed by atoms with Crippen LogP contribution in [0, 0.1) is 0 Å². The van der Waals surface area contributed by atoms with Crippen LogP contribution >= 0.6 is 24.2 Å². The lowest BCUT2D eigenvalue weighted by Crippen LogP contribution is -2.57. The summed E-state index contributed by atoms with van der Waals surface area (Å²) in [6.07, 6.45) is 0. The minimum absolute atomic E-state index is 0. The number of nitrogens with one attached hydrogen (secondary N) is 1. The molecule has 1 N–H and O–H groups in total. The summed E-state index contributed by atoms with van der Waals surface area (Å²) >= 11 is 1.70. The second-order valence-corrected chi connectivity index (χ2v) is 8.88. The molecule has 18 heavy (non-hydrogen) atoms. The van der Waals surface area contributed by atoms with Crippen LogP contribution in [0.15, 0.2) is 0 Å². The molecule has 0 bridgehead atoms. The fraction of sp³-hybridized carbons (Fsp3) is 0.900. The van der Waals surface area contributed by atoms with Gasteiger partial charge in [-0.25, -0.2) is 8.42 Å². The lowest BCUT2D eigenvalue weighted by atomic mass is 10.1. The minimum atomic E-state index is -3.07. The van der Waals surface area contributed by atoms with E-state index in [0.29, 0.717) is 13.1 Å². The SMILES string of the molecule is CC1(C)CN(C(=O)C2CSCN2)CCS1(=O)=O.Cl. The first-order chi connectivity index (χ1) is 7.83. The molecule has 2 aliphatic heterocycles. The Morgan fingerprint density at radius 2 is 2.11 bits per heavy atom. The number of sulfone groups is 1. The first-order valence-corrected chi connectivity index (χ1v) is 8.46. The average Bonchev–Trinajstić information content (AvgIpc) is 2.74. The summed E-state index contributed by atoms with van der Waals surface area (Å²) in [5.74, 6) is 1.69. The van der Waals surface area contributed by atoms with E-state index in [9.17, 15) is 13.2 Å². The summed E-state index contributed by atoms with van der Waals surface area (Å²) < 4.78 is 22.8. The molecule has 2 saturated heterocycles. The van der Waals surface area contributed by atoms with Gasteiger partial charge in [-0.15, -0.1) is 24.2 Å². The van der Waals surface area contributed by atoms with Gasteiger partial charge in [-0.3, -0.25) is 10.1 Å². The molecular weight excluding hydrogens is 296 g/mol. The number of halogens is 1. The Balaban J connectivity index is 0.00000162. The van der Waals surface area contributed by atoms with Gasteiger partial charge in [-0.2, -0.15) is 0 Å². The molecule has 0 saturated carbocycles. The lowest BCUT2D eigenvalue weighted by Gasteiger charge is -2.38. The molecule has 106 valence electrons. The molecule has 1 atom stereocenters. The molecule has 0 aliphatic carbocycles. The van der Waals surface area contributed by atoms with Gasteiger partial charge in [0.2, 0.25) is 5.91 Å². The van der Waals surface area contributed by atoms with Crippen molar-refractivity contribution in [2.24, 2.45) is 0 Å². The zero-order chi connectivity index (χ0) is 12.7. The van der Waals surface area contributed by atoms with Gasteiger partial charge in [-0.05, 0) is 13.8 Å². The standard InChI is InChI=1S/C10H18N2O3S2.ClH/c1-10(2)6-12(3-4-17(10,14)15)9(13)8-5-16-7-11-8;/h8,11H,3-7H2,1-2H3;1H. The summed E-state index contributed by atoms with van der Waals surface area (Å²) in [7, 11) is -3.07. The predicted octanol–water partition coefficient (Wildman–Crippen LogP) is 0.106. The van der Waals surface area contributed by atoms with E-state index in [0.717, 1.165) is 11.6 Å². The fourth-order valence-electron chi connectivity index (χ4n) is 2.11.